The van der Waals surface area contributed by atoms with Crippen molar-refractivity contribution in [3.05, 3.63) is 35.4 Å². The summed E-state index contributed by atoms with van der Waals surface area (Å²) in [4.78, 5) is 23.0. The van der Waals surface area contributed by atoms with Gasteiger partial charge >= 0.3 is 5.97 Å². The van der Waals surface area contributed by atoms with Gasteiger partial charge in [0.1, 0.15) is 0 Å². The lowest BCUT2D eigenvalue weighted by molar-refractivity contribution is -0.142. The molecule has 2 atom stereocenters. The van der Waals surface area contributed by atoms with Gasteiger partial charge in [0.25, 0.3) is 0 Å². The molecule has 0 radical (unpaired) electrons. The monoisotopic (exact) mass is 289 g/mol. The van der Waals surface area contributed by atoms with Gasteiger partial charge in [-0.15, -0.1) is 0 Å². The summed E-state index contributed by atoms with van der Waals surface area (Å²) in [6.07, 6.45) is 4.43. The number of nitrogens with one attached hydrogen (secondary N) is 1. The number of hydrogen-bond acceptors (Lipinski definition) is 2. The van der Waals surface area contributed by atoms with Crippen LogP contribution < -0.4 is 5.32 Å². The number of carbonyl (C=O) groups excluding carboxylic acids is 1. The number of aliphatic carboxylic acids is 1. The SMILES string of the molecule is CCc1ccc(CCC(=O)N[C@@H]2CCC[C@@H]2C(=O)O)cc1. The van der Waals surface area contributed by atoms with Crippen LogP contribution in [0.3, 0.4) is 0 Å². The van der Waals surface area contributed by atoms with Crippen molar-refractivity contribution in [1.82, 2.24) is 5.32 Å². The second-order valence-corrected chi connectivity index (χ2v) is 5.72. The molecule has 1 aliphatic carbocycles. The Balaban J connectivity index is 1.80. The van der Waals surface area contributed by atoms with Crippen molar-refractivity contribution in [2.75, 3.05) is 0 Å². The first-order valence-corrected chi connectivity index (χ1v) is 7.70. The van der Waals surface area contributed by atoms with E-state index in [9.17, 15) is 9.59 Å². The molecule has 0 bridgehead atoms. The molecule has 114 valence electrons. The number of carboxylic acids is 1. The first-order chi connectivity index (χ1) is 10.1. The minimum Gasteiger partial charge on any atom is -0.481 e. The van der Waals surface area contributed by atoms with E-state index in [1.807, 2.05) is 0 Å². The third-order valence-corrected chi connectivity index (χ3v) is 4.25. The molecule has 0 aromatic heterocycles. The Labute approximate surface area is 125 Å². The number of amides is 1. The fourth-order valence-corrected chi connectivity index (χ4v) is 2.91. The fourth-order valence-electron chi connectivity index (χ4n) is 2.91. The summed E-state index contributed by atoms with van der Waals surface area (Å²) in [7, 11) is 0. The van der Waals surface area contributed by atoms with E-state index in [-0.39, 0.29) is 11.9 Å². The van der Waals surface area contributed by atoms with Crippen LogP contribution in [0, 0.1) is 5.92 Å². The third kappa shape index (κ3) is 4.31. The third-order valence-electron chi connectivity index (χ3n) is 4.25. The zero-order valence-corrected chi connectivity index (χ0v) is 12.5. The highest BCUT2D eigenvalue weighted by molar-refractivity contribution is 5.78. The molecule has 2 rings (SSSR count). The first kappa shape index (κ1) is 15.5. The summed E-state index contributed by atoms with van der Waals surface area (Å²) in [6, 6.07) is 8.09. The molecule has 1 aliphatic rings. The van der Waals surface area contributed by atoms with E-state index in [4.69, 9.17) is 5.11 Å². The number of benzene rings is 1. The van der Waals surface area contributed by atoms with Gasteiger partial charge in [-0.25, -0.2) is 0 Å². The van der Waals surface area contributed by atoms with Gasteiger partial charge in [-0.1, -0.05) is 37.6 Å². The molecule has 0 unspecified atom stereocenters. The highest BCUT2D eigenvalue weighted by Gasteiger charge is 2.33. The van der Waals surface area contributed by atoms with Crippen LogP contribution in [-0.2, 0) is 22.4 Å². The smallest absolute Gasteiger partial charge is 0.308 e. The van der Waals surface area contributed by atoms with Gasteiger partial charge in [-0.2, -0.15) is 0 Å². The average molecular weight is 289 g/mol. The molecule has 0 spiro atoms. The van der Waals surface area contributed by atoms with Gasteiger partial charge in [0.05, 0.1) is 5.92 Å². The van der Waals surface area contributed by atoms with Crippen LogP contribution in [0.1, 0.15) is 43.7 Å². The molecule has 1 fully saturated rings. The maximum atomic E-state index is 12.0. The molecule has 0 heterocycles. The van der Waals surface area contributed by atoms with Crippen molar-refractivity contribution in [2.24, 2.45) is 5.92 Å². The van der Waals surface area contributed by atoms with E-state index < -0.39 is 11.9 Å². The van der Waals surface area contributed by atoms with Crippen molar-refractivity contribution >= 4 is 11.9 Å². The summed E-state index contributed by atoms with van der Waals surface area (Å²) >= 11 is 0. The maximum absolute atomic E-state index is 12.0. The number of rotatable bonds is 6. The van der Waals surface area contributed by atoms with Gasteiger partial charge in [-0.05, 0) is 36.8 Å². The van der Waals surface area contributed by atoms with Crippen molar-refractivity contribution in [3.8, 4) is 0 Å². The Bertz CT molecular complexity index is 495. The van der Waals surface area contributed by atoms with E-state index >= 15 is 0 Å². The molecule has 21 heavy (non-hydrogen) atoms. The standard InChI is InChI=1S/C17H23NO3/c1-2-12-6-8-13(9-7-12)10-11-16(19)18-15-5-3-4-14(15)17(20)21/h6-9,14-15H,2-5,10-11H2,1H3,(H,18,19)(H,20,21)/t14-,15+/m0/s1. The predicted octanol–water partition coefficient (Wildman–Crippen LogP) is 2.55. The number of aryl methyl sites for hydroxylation is 2. The highest BCUT2D eigenvalue weighted by atomic mass is 16.4. The second kappa shape index (κ2) is 7.25. The summed E-state index contributed by atoms with van der Waals surface area (Å²) in [6.45, 7) is 2.11. The number of carbonyl (C=O) groups is 2. The van der Waals surface area contributed by atoms with Crippen LogP contribution >= 0.6 is 0 Å². The molecule has 4 heteroatoms. The van der Waals surface area contributed by atoms with E-state index in [1.165, 1.54) is 5.56 Å². The normalized spacial score (nSPS) is 21.2. The van der Waals surface area contributed by atoms with Crippen LogP contribution in [0.15, 0.2) is 24.3 Å². The van der Waals surface area contributed by atoms with Crippen molar-refractivity contribution in [1.29, 1.82) is 0 Å². The Kier molecular flexibility index (Phi) is 5.37. The Morgan fingerprint density at radius 2 is 1.86 bits per heavy atom. The number of carboxylic acid groups (broad SMARTS) is 1. The minimum atomic E-state index is -0.798. The van der Waals surface area contributed by atoms with Crippen LogP contribution in [0.25, 0.3) is 0 Å². The first-order valence-electron chi connectivity index (χ1n) is 7.70. The van der Waals surface area contributed by atoms with Gasteiger partial charge in [-0.3, -0.25) is 9.59 Å². The molecule has 0 saturated heterocycles. The topological polar surface area (TPSA) is 66.4 Å². The lowest BCUT2D eigenvalue weighted by Crippen LogP contribution is -2.40. The molecule has 1 saturated carbocycles. The summed E-state index contributed by atoms with van der Waals surface area (Å²) in [5.74, 6) is -1.27. The highest BCUT2D eigenvalue weighted by Crippen LogP contribution is 2.25. The van der Waals surface area contributed by atoms with E-state index in [0.29, 0.717) is 19.3 Å². The molecule has 1 aromatic rings. The Morgan fingerprint density at radius 1 is 1.19 bits per heavy atom. The van der Waals surface area contributed by atoms with Crippen LogP contribution in [0.4, 0.5) is 0 Å². The minimum absolute atomic E-state index is 0.0484. The van der Waals surface area contributed by atoms with E-state index in [2.05, 4.69) is 36.5 Å². The molecular formula is C17H23NO3. The van der Waals surface area contributed by atoms with Crippen molar-refractivity contribution < 1.29 is 14.7 Å². The average Bonchev–Trinajstić information content (AvgIpc) is 2.94. The van der Waals surface area contributed by atoms with Crippen molar-refractivity contribution in [2.45, 2.75) is 51.5 Å². The lowest BCUT2D eigenvalue weighted by atomic mass is 10.0. The molecule has 1 amide bonds. The van der Waals surface area contributed by atoms with Crippen LogP contribution in [0.2, 0.25) is 0 Å². The summed E-state index contributed by atoms with van der Waals surface area (Å²) < 4.78 is 0. The zero-order valence-electron chi connectivity index (χ0n) is 12.5. The fraction of sp³-hybridized carbons (Fsp3) is 0.529. The quantitative estimate of drug-likeness (QED) is 0.845. The maximum Gasteiger partial charge on any atom is 0.308 e. The van der Waals surface area contributed by atoms with E-state index in [0.717, 1.165) is 24.8 Å². The Morgan fingerprint density at radius 3 is 2.48 bits per heavy atom. The van der Waals surface area contributed by atoms with Crippen LogP contribution in [-0.4, -0.2) is 23.0 Å². The van der Waals surface area contributed by atoms with Gasteiger partial charge < -0.3 is 10.4 Å². The van der Waals surface area contributed by atoms with Gasteiger partial charge in [0.15, 0.2) is 0 Å². The van der Waals surface area contributed by atoms with Gasteiger partial charge in [0, 0.05) is 12.5 Å². The van der Waals surface area contributed by atoms with Crippen LogP contribution in [0.5, 0.6) is 0 Å². The number of hydrogen-bond donors (Lipinski definition) is 2. The van der Waals surface area contributed by atoms with E-state index in [1.54, 1.807) is 0 Å². The van der Waals surface area contributed by atoms with Crippen molar-refractivity contribution in [3.63, 3.8) is 0 Å². The molecular weight excluding hydrogens is 266 g/mol. The molecule has 4 nitrogen and oxygen atoms in total. The second-order valence-electron chi connectivity index (χ2n) is 5.72. The molecule has 0 aliphatic heterocycles. The molecule has 2 N–H and O–H groups in total. The zero-order chi connectivity index (χ0) is 15.2. The lowest BCUT2D eigenvalue weighted by Gasteiger charge is -2.17. The van der Waals surface area contributed by atoms with Gasteiger partial charge in [0.2, 0.25) is 5.91 Å². The summed E-state index contributed by atoms with van der Waals surface area (Å²) in [5.41, 5.74) is 2.43. The Hall–Kier alpha value is -1.84. The molecule has 1 aromatic carbocycles. The largest absolute Gasteiger partial charge is 0.481 e. The predicted molar refractivity (Wildman–Crippen MR) is 81.0 cm³/mol. The summed E-state index contributed by atoms with van der Waals surface area (Å²) in [5, 5.41) is 12.0.